The first-order valence-electron chi connectivity index (χ1n) is 6.77. The first kappa shape index (κ1) is 16.5. The Labute approximate surface area is 138 Å². The van der Waals surface area contributed by atoms with Gasteiger partial charge in [-0.2, -0.15) is 5.26 Å². The van der Waals surface area contributed by atoms with E-state index in [0.717, 1.165) is 0 Å². The summed E-state index contributed by atoms with van der Waals surface area (Å²) in [6.45, 7) is 1.47. The molecule has 2 rings (SSSR count). The average Bonchev–Trinajstić information content (AvgIpc) is 2.55. The van der Waals surface area contributed by atoms with E-state index < -0.39 is 18.0 Å². The van der Waals surface area contributed by atoms with Gasteiger partial charge < -0.3 is 10.1 Å². The summed E-state index contributed by atoms with van der Waals surface area (Å²) in [6, 6.07) is 14.6. The minimum atomic E-state index is -0.975. The van der Waals surface area contributed by atoms with Crippen molar-refractivity contribution in [3.05, 3.63) is 64.7 Å². The molecule has 6 heteroatoms. The van der Waals surface area contributed by atoms with E-state index in [0.29, 0.717) is 16.3 Å². The Morgan fingerprint density at radius 1 is 1.22 bits per heavy atom. The highest BCUT2D eigenvalue weighted by Crippen LogP contribution is 2.13. The van der Waals surface area contributed by atoms with E-state index in [4.69, 9.17) is 21.6 Å². The van der Waals surface area contributed by atoms with Crippen LogP contribution in [-0.2, 0) is 9.53 Å². The Hall–Kier alpha value is -2.84. The minimum absolute atomic E-state index is 0.274. The van der Waals surface area contributed by atoms with Crippen LogP contribution in [0.4, 0.5) is 5.69 Å². The maximum atomic E-state index is 12.0. The molecule has 1 atom stereocenters. The van der Waals surface area contributed by atoms with Crippen LogP contribution in [0, 0.1) is 11.3 Å². The van der Waals surface area contributed by atoms with Crippen LogP contribution in [0.1, 0.15) is 22.8 Å². The van der Waals surface area contributed by atoms with E-state index >= 15 is 0 Å². The minimum Gasteiger partial charge on any atom is -0.449 e. The topological polar surface area (TPSA) is 79.2 Å². The second-order valence-corrected chi connectivity index (χ2v) is 5.17. The zero-order valence-corrected chi connectivity index (χ0v) is 13.0. The fourth-order valence-corrected chi connectivity index (χ4v) is 1.96. The number of anilines is 1. The lowest BCUT2D eigenvalue weighted by Crippen LogP contribution is -2.30. The highest BCUT2D eigenvalue weighted by Gasteiger charge is 2.19. The lowest BCUT2D eigenvalue weighted by molar-refractivity contribution is -0.123. The van der Waals surface area contributed by atoms with Crippen LogP contribution in [0.5, 0.6) is 0 Å². The molecule has 2 aromatic carbocycles. The normalized spacial score (nSPS) is 11.2. The molecule has 1 N–H and O–H groups in total. The van der Waals surface area contributed by atoms with Gasteiger partial charge in [-0.05, 0) is 49.4 Å². The fraction of sp³-hybridized carbons (Fsp3) is 0.118. The molecule has 0 bridgehead atoms. The Bertz CT molecular complexity index is 766. The van der Waals surface area contributed by atoms with Crippen LogP contribution in [0.25, 0.3) is 0 Å². The van der Waals surface area contributed by atoms with Gasteiger partial charge in [0, 0.05) is 10.7 Å². The summed E-state index contributed by atoms with van der Waals surface area (Å²) in [5.74, 6) is -1.10. The van der Waals surface area contributed by atoms with Gasteiger partial charge in [-0.1, -0.05) is 17.7 Å². The van der Waals surface area contributed by atoms with E-state index in [9.17, 15) is 9.59 Å². The SMILES string of the molecule is C[C@@H](OC(=O)c1cccc(Cl)c1)C(=O)Nc1ccc(C#N)cc1. The lowest BCUT2D eigenvalue weighted by Gasteiger charge is -2.13. The Balaban J connectivity index is 1.96. The van der Waals surface area contributed by atoms with Crippen molar-refractivity contribution in [1.82, 2.24) is 0 Å². The van der Waals surface area contributed by atoms with E-state index in [-0.39, 0.29) is 5.56 Å². The number of nitriles is 1. The first-order valence-corrected chi connectivity index (χ1v) is 7.15. The number of esters is 1. The number of rotatable bonds is 4. The van der Waals surface area contributed by atoms with Crippen LogP contribution >= 0.6 is 11.6 Å². The average molecular weight is 329 g/mol. The molecule has 1 amide bonds. The molecule has 0 spiro atoms. The Morgan fingerprint density at radius 2 is 1.91 bits per heavy atom. The highest BCUT2D eigenvalue weighted by molar-refractivity contribution is 6.30. The van der Waals surface area contributed by atoms with Gasteiger partial charge in [-0.15, -0.1) is 0 Å². The number of nitrogens with zero attached hydrogens (tertiary/aromatic N) is 1. The summed E-state index contributed by atoms with van der Waals surface area (Å²) in [7, 11) is 0. The number of carbonyl (C=O) groups excluding carboxylic acids is 2. The molecule has 0 fully saturated rings. The molecular formula is C17H13ClN2O3. The second kappa shape index (κ2) is 7.43. The van der Waals surface area contributed by atoms with E-state index in [1.165, 1.54) is 13.0 Å². The van der Waals surface area contributed by atoms with Crippen LogP contribution in [0.15, 0.2) is 48.5 Å². The molecule has 5 nitrogen and oxygen atoms in total. The van der Waals surface area contributed by atoms with Crippen LogP contribution in [0.2, 0.25) is 5.02 Å². The molecule has 0 aromatic heterocycles. The second-order valence-electron chi connectivity index (χ2n) is 4.74. The molecule has 0 aliphatic rings. The van der Waals surface area contributed by atoms with Crippen molar-refractivity contribution in [3.8, 4) is 6.07 Å². The smallest absolute Gasteiger partial charge is 0.338 e. The number of ether oxygens (including phenoxy) is 1. The number of hydrogen-bond acceptors (Lipinski definition) is 4. The van der Waals surface area contributed by atoms with Crippen LogP contribution in [0.3, 0.4) is 0 Å². The third kappa shape index (κ3) is 4.56. The van der Waals surface area contributed by atoms with Gasteiger partial charge in [0.15, 0.2) is 6.10 Å². The van der Waals surface area contributed by atoms with Crippen molar-refractivity contribution in [2.75, 3.05) is 5.32 Å². The van der Waals surface area contributed by atoms with Gasteiger partial charge in [-0.25, -0.2) is 4.79 Å². The van der Waals surface area contributed by atoms with Gasteiger partial charge in [-0.3, -0.25) is 4.79 Å². The molecule has 0 saturated heterocycles. The molecule has 0 heterocycles. The van der Waals surface area contributed by atoms with E-state index in [1.54, 1.807) is 42.5 Å². The summed E-state index contributed by atoms with van der Waals surface area (Å²) in [6.07, 6.45) is -0.975. The van der Waals surface area contributed by atoms with Crippen molar-refractivity contribution in [3.63, 3.8) is 0 Å². The van der Waals surface area contributed by atoms with Crippen molar-refractivity contribution < 1.29 is 14.3 Å². The van der Waals surface area contributed by atoms with E-state index in [1.807, 2.05) is 6.07 Å². The number of nitrogens with one attached hydrogen (secondary N) is 1. The number of benzene rings is 2. The number of hydrogen-bond donors (Lipinski definition) is 1. The maximum absolute atomic E-state index is 12.0. The molecule has 0 aliphatic heterocycles. The molecule has 0 unspecified atom stereocenters. The third-order valence-electron chi connectivity index (χ3n) is 2.99. The first-order chi connectivity index (χ1) is 11.0. The molecule has 0 radical (unpaired) electrons. The van der Waals surface area contributed by atoms with Gasteiger partial charge in [0.2, 0.25) is 0 Å². The third-order valence-corrected chi connectivity index (χ3v) is 3.23. The quantitative estimate of drug-likeness (QED) is 0.872. The van der Waals surface area contributed by atoms with Gasteiger partial charge in [0.05, 0.1) is 17.2 Å². The summed E-state index contributed by atoms with van der Waals surface area (Å²) in [5, 5.41) is 11.7. The molecule has 0 saturated carbocycles. The Morgan fingerprint density at radius 3 is 2.52 bits per heavy atom. The van der Waals surface area contributed by atoms with Crippen molar-refractivity contribution in [2.45, 2.75) is 13.0 Å². The lowest BCUT2D eigenvalue weighted by atomic mass is 10.2. The van der Waals surface area contributed by atoms with Crippen molar-refractivity contribution in [2.24, 2.45) is 0 Å². The highest BCUT2D eigenvalue weighted by atomic mass is 35.5. The van der Waals surface area contributed by atoms with Gasteiger partial charge in [0.1, 0.15) is 0 Å². The Kier molecular flexibility index (Phi) is 5.34. The van der Waals surface area contributed by atoms with Crippen molar-refractivity contribution >= 4 is 29.2 Å². The summed E-state index contributed by atoms with van der Waals surface area (Å²) in [4.78, 5) is 24.0. The zero-order chi connectivity index (χ0) is 16.8. The predicted molar refractivity (Wildman–Crippen MR) is 86.1 cm³/mol. The molecular weight excluding hydrogens is 316 g/mol. The molecule has 23 heavy (non-hydrogen) atoms. The molecule has 2 aromatic rings. The number of halogens is 1. The van der Waals surface area contributed by atoms with Crippen LogP contribution in [-0.4, -0.2) is 18.0 Å². The summed E-state index contributed by atoms with van der Waals surface area (Å²) >= 11 is 5.81. The maximum Gasteiger partial charge on any atom is 0.338 e. The van der Waals surface area contributed by atoms with Crippen LogP contribution < -0.4 is 5.32 Å². The predicted octanol–water partition coefficient (Wildman–Crippen LogP) is 3.40. The molecule has 0 aliphatic carbocycles. The standard InChI is InChI=1S/C17H13ClN2O3/c1-11(23-17(22)13-3-2-4-14(18)9-13)16(21)20-15-7-5-12(10-19)6-8-15/h2-9,11H,1H3,(H,20,21)/t11-/m1/s1. The number of amides is 1. The number of carbonyl (C=O) groups is 2. The summed E-state index contributed by atoms with van der Waals surface area (Å²) in [5.41, 5.74) is 1.28. The zero-order valence-electron chi connectivity index (χ0n) is 12.2. The largest absolute Gasteiger partial charge is 0.449 e. The molecule has 116 valence electrons. The summed E-state index contributed by atoms with van der Waals surface area (Å²) < 4.78 is 5.11. The monoisotopic (exact) mass is 328 g/mol. The fourth-order valence-electron chi connectivity index (χ4n) is 1.77. The van der Waals surface area contributed by atoms with Crippen molar-refractivity contribution in [1.29, 1.82) is 5.26 Å². The van der Waals surface area contributed by atoms with E-state index in [2.05, 4.69) is 5.32 Å². The van der Waals surface area contributed by atoms with Gasteiger partial charge >= 0.3 is 5.97 Å². The van der Waals surface area contributed by atoms with Gasteiger partial charge in [0.25, 0.3) is 5.91 Å².